The van der Waals surface area contributed by atoms with Crippen LogP contribution in [0.25, 0.3) is 0 Å². The summed E-state index contributed by atoms with van der Waals surface area (Å²) in [4.78, 5) is 35.5. The number of unbranched alkanes of at least 4 members (excludes halogenated alkanes) is 43. The van der Waals surface area contributed by atoms with Gasteiger partial charge in [-0.3, -0.25) is 18.6 Å². The Labute approximate surface area is 612 Å². The van der Waals surface area contributed by atoms with Crippen molar-refractivity contribution >= 4 is 19.8 Å². The van der Waals surface area contributed by atoms with Crippen LogP contribution in [0.1, 0.15) is 386 Å². The number of allylic oxidation sites excluding steroid dienone is 22. The van der Waals surface area contributed by atoms with Crippen molar-refractivity contribution in [3.05, 3.63) is 134 Å². The molecule has 0 saturated heterocycles. The molecule has 10 heteroatoms. The lowest BCUT2D eigenvalue weighted by atomic mass is 10.0. The molecular weight excluding hydrogens is 1240 g/mol. The Bertz CT molecular complexity index is 2100. The van der Waals surface area contributed by atoms with Gasteiger partial charge in [0.05, 0.1) is 13.2 Å². The summed E-state index contributed by atoms with van der Waals surface area (Å²) >= 11 is 0. The van der Waals surface area contributed by atoms with E-state index in [0.717, 1.165) is 109 Å². The number of hydrogen-bond acceptors (Lipinski definition) is 8. The molecule has 2 unspecified atom stereocenters. The van der Waals surface area contributed by atoms with Crippen LogP contribution in [-0.4, -0.2) is 49.3 Å². The fourth-order valence-corrected chi connectivity index (χ4v) is 12.7. The molecule has 0 amide bonds. The van der Waals surface area contributed by atoms with Crippen LogP contribution in [0.2, 0.25) is 0 Å². The van der Waals surface area contributed by atoms with E-state index in [1.165, 1.54) is 244 Å². The molecule has 9 nitrogen and oxygen atoms in total. The maximum atomic E-state index is 12.8. The average Bonchev–Trinajstić information content (AvgIpc) is 1.19. The van der Waals surface area contributed by atoms with Gasteiger partial charge < -0.3 is 20.1 Å². The number of carbonyl (C=O) groups is 2. The molecule has 0 saturated carbocycles. The molecule has 0 aromatic heterocycles. The van der Waals surface area contributed by atoms with Gasteiger partial charge in [-0.05, 0) is 116 Å². The third kappa shape index (κ3) is 83.0. The van der Waals surface area contributed by atoms with Gasteiger partial charge >= 0.3 is 19.8 Å². The molecule has 3 N–H and O–H groups in total. The minimum atomic E-state index is -4.41. The average molecular weight is 1400 g/mol. The number of ether oxygens (including phenoxy) is 2. The van der Waals surface area contributed by atoms with Crippen molar-refractivity contribution < 1.29 is 37.6 Å². The first-order valence-corrected chi connectivity index (χ1v) is 43.2. The summed E-state index contributed by atoms with van der Waals surface area (Å²) in [5.41, 5.74) is 5.42. The minimum absolute atomic E-state index is 0.0491. The van der Waals surface area contributed by atoms with E-state index in [0.29, 0.717) is 6.42 Å². The first-order chi connectivity index (χ1) is 48.8. The zero-order valence-electron chi connectivity index (χ0n) is 64.4. The molecular formula is C89H156NO8P. The summed E-state index contributed by atoms with van der Waals surface area (Å²) in [6, 6.07) is 0. The third-order valence-electron chi connectivity index (χ3n) is 18.0. The van der Waals surface area contributed by atoms with Crippen LogP contribution < -0.4 is 5.73 Å². The van der Waals surface area contributed by atoms with Crippen LogP contribution in [0.4, 0.5) is 0 Å². The van der Waals surface area contributed by atoms with Gasteiger partial charge in [-0.15, -0.1) is 0 Å². The van der Waals surface area contributed by atoms with E-state index >= 15 is 0 Å². The van der Waals surface area contributed by atoms with E-state index in [9.17, 15) is 19.0 Å². The molecule has 0 bridgehead atoms. The van der Waals surface area contributed by atoms with Crippen molar-refractivity contribution in [2.24, 2.45) is 5.73 Å². The predicted molar refractivity (Wildman–Crippen MR) is 431 cm³/mol. The normalized spacial score (nSPS) is 13.5. The zero-order chi connectivity index (χ0) is 71.5. The highest BCUT2D eigenvalue weighted by Crippen LogP contribution is 2.43. The lowest BCUT2D eigenvalue weighted by Gasteiger charge is -2.19. The number of esters is 2. The molecule has 0 aliphatic rings. The van der Waals surface area contributed by atoms with Crippen LogP contribution in [0.5, 0.6) is 0 Å². The first-order valence-electron chi connectivity index (χ1n) is 41.7. The lowest BCUT2D eigenvalue weighted by Crippen LogP contribution is -2.29. The number of carbonyl (C=O) groups excluding carboxylic acids is 2. The van der Waals surface area contributed by atoms with Crippen molar-refractivity contribution in [3.8, 4) is 0 Å². The highest BCUT2D eigenvalue weighted by atomic mass is 31.2. The first kappa shape index (κ1) is 95.2. The fraction of sp³-hybridized carbons (Fsp3) is 0.730. The van der Waals surface area contributed by atoms with Crippen molar-refractivity contribution in [1.82, 2.24) is 0 Å². The highest BCUT2D eigenvalue weighted by Gasteiger charge is 2.26. The minimum Gasteiger partial charge on any atom is -0.462 e. The quantitative estimate of drug-likeness (QED) is 0.0264. The highest BCUT2D eigenvalue weighted by molar-refractivity contribution is 7.47. The van der Waals surface area contributed by atoms with Crippen molar-refractivity contribution in [2.75, 3.05) is 26.4 Å². The van der Waals surface area contributed by atoms with Gasteiger partial charge in [0.2, 0.25) is 0 Å². The molecule has 99 heavy (non-hydrogen) atoms. The largest absolute Gasteiger partial charge is 0.472 e. The van der Waals surface area contributed by atoms with Crippen molar-refractivity contribution in [1.29, 1.82) is 0 Å². The van der Waals surface area contributed by atoms with E-state index in [1.54, 1.807) is 0 Å². The Morgan fingerprint density at radius 2 is 0.556 bits per heavy atom. The van der Waals surface area contributed by atoms with E-state index in [2.05, 4.69) is 148 Å². The van der Waals surface area contributed by atoms with Crippen LogP contribution in [0.15, 0.2) is 134 Å². The third-order valence-corrected chi connectivity index (χ3v) is 19.0. The molecule has 2 atom stereocenters. The Kier molecular flexibility index (Phi) is 79.9. The maximum absolute atomic E-state index is 12.8. The number of phosphoric ester groups is 1. The molecule has 0 heterocycles. The molecule has 0 radical (unpaired) electrons. The molecule has 0 fully saturated rings. The number of rotatable bonds is 78. The van der Waals surface area contributed by atoms with Gasteiger partial charge in [-0.2, -0.15) is 0 Å². The smallest absolute Gasteiger partial charge is 0.462 e. The molecule has 0 aliphatic carbocycles. The second-order valence-electron chi connectivity index (χ2n) is 27.6. The zero-order valence-corrected chi connectivity index (χ0v) is 65.3. The number of phosphoric acid groups is 1. The molecule has 0 rings (SSSR count). The molecule has 0 spiro atoms. The summed E-state index contributed by atoms with van der Waals surface area (Å²) in [5.74, 6) is -0.823. The monoisotopic (exact) mass is 1400 g/mol. The molecule has 0 aromatic rings. The van der Waals surface area contributed by atoms with Gasteiger partial charge in [0.25, 0.3) is 0 Å². The Balaban J connectivity index is 3.84. The summed E-state index contributed by atoms with van der Waals surface area (Å²) < 4.78 is 33.3. The Morgan fingerprint density at radius 3 is 0.838 bits per heavy atom. The van der Waals surface area contributed by atoms with Gasteiger partial charge in [0.15, 0.2) is 6.10 Å². The van der Waals surface area contributed by atoms with Gasteiger partial charge in [0.1, 0.15) is 6.61 Å². The topological polar surface area (TPSA) is 134 Å². The van der Waals surface area contributed by atoms with Gasteiger partial charge in [-0.25, -0.2) is 4.57 Å². The Morgan fingerprint density at radius 1 is 0.313 bits per heavy atom. The van der Waals surface area contributed by atoms with E-state index in [-0.39, 0.29) is 38.6 Å². The standard InChI is InChI=1S/C89H156NO8P/c1-3-5-7-9-11-13-15-17-19-21-23-25-27-29-31-33-35-37-39-41-42-43-44-46-48-50-52-54-56-58-60-62-64-66-68-70-72-74-76-78-80-82-89(92)98-87(86-97-99(93,94)96-84-83-90)85-95-88(91)81-79-77-75-73-71-69-67-65-63-61-59-57-55-53-51-49-47-45-40-38-36-34-32-30-28-26-24-22-20-18-16-14-12-10-8-6-4-2/h5,7,11,13,17,19,22-25,29,31,35,37,41-42,44,46,50,52,56,58,87H,3-4,6,8-10,12,14-16,18,20-21,26-28,30,32-34,36,38-40,43,45,47-49,51,53-55,57,59-86,90H2,1-2H3,(H,93,94)/b7-5-,13-11-,19-17-,24-22-,25-23-,31-29-,37-35-,42-41-,46-44-,52-50-,58-56-. The van der Waals surface area contributed by atoms with Crippen molar-refractivity contribution in [3.63, 3.8) is 0 Å². The van der Waals surface area contributed by atoms with Gasteiger partial charge in [-0.1, -0.05) is 392 Å². The summed E-state index contributed by atoms with van der Waals surface area (Å²) in [7, 11) is -4.41. The second kappa shape index (κ2) is 83.1. The summed E-state index contributed by atoms with van der Waals surface area (Å²) in [6.07, 6.45) is 119. The van der Waals surface area contributed by atoms with E-state index in [4.69, 9.17) is 24.3 Å². The summed E-state index contributed by atoms with van der Waals surface area (Å²) in [5, 5.41) is 0. The molecule has 0 aliphatic heterocycles. The van der Waals surface area contributed by atoms with Crippen LogP contribution in [0, 0.1) is 0 Å². The van der Waals surface area contributed by atoms with Gasteiger partial charge in [0, 0.05) is 19.4 Å². The second-order valence-corrected chi connectivity index (χ2v) is 29.1. The fourth-order valence-electron chi connectivity index (χ4n) is 11.9. The maximum Gasteiger partial charge on any atom is 0.472 e. The van der Waals surface area contributed by atoms with Crippen molar-refractivity contribution in [2.45, 2.75) is 392 Å². The van der Waals surface area contributed by atoms with E-state index < -0.39 is 26.5 Å². The van der Waals surface area contributed by atoms with E-state index in [1.807, 2.05) is 0 Å². The lowest BCUT2D eigenvalue weighted by molar-refractivity contribution is -0.161. The molecule has 0 aromatic carbocycles. The van der Waals surface area contributed by atoms with Crippen LogP contribution in [0.3, 0.4) is 0 Å². The molecule has 570 valence electrons. The summed E-state index contributed by atoms with van der Waals surface area (Å²) in [6.45, 7) is 3.67. The van der Waals surface area contributed by atoms with Crippen LogP contribution >= 0.6 is 7.82 Å². The Hall–Kier alpha value is -3.85. The number of hydrogen-bond donors (Lipinski definition) is 2. The van der Waals surface area contributed by atoms with Crippen LogP contribution in [-0.2, 0) is 32.7 Å². The SMILES string of the molecule is CC/C=C\C/C=C\C/C=C\C/C=C\C/C=C\C/C=C\C/C=C\C/C=C\C/C=C\C/C=C\CCCCCCCCCCCCC(=O)OC(COC(=O)CCCCCCCCCCCCCCCCCCCCCCCCCCC/C=C\CCCCCCCCCC)COP(=O)(O)OCCN. The number of nitrogens with two attached hydrogens (primary N) is 1. The predicted octanol–water partition coefficient (Wildman–Crippen LogP) is 28.3.